The lowest BCUT2D eigenvalue weighted by atomic mass is 10.1. The second-order valence-electron chi connectivity index (χ2n) is 2.81. The summed E-state index contributed by atoms with van der Waals surface area (Å²) in [7, 11) is 1.68. The van der Waals surface area contributed by atoms with Gasteiger partial charge in [-0.2, -0.15) is 0 Å². The van der Waals surface area contributed by atoms with Crippen molar-refractivity contribution in [2.45, 2.75) is 6.42 Å². The third kappa shape index (κ3) is 1.18. The molecule has 0 aromatic heterocycles. The van der Waals surface area contributed by atoms with Gasteiger partial charge in [0.05, 0.1) is 7.11 Å². The van der Waals surface area contributed by atoms with E-state index in [4.69, 9.17) is 4.74 Å². The number of halogens is 1. The van der Waals surface area contributed by atoms with Gasteiger partial charge in [0.25, 0.3) is 0 Å². The largest absolute Gasteiger partial charge is 0.497 e. The van der Waals surface area contributed by atoms with Gasteiger partial charge in [0.1, 0.15) is 5.75 Å². The summed E-state index contributed by atoms with van der Waals surface area (Å²) in [6, 6.07) is 4.04. The van der Waals surface area contributed by atoms with E-state index in [9.17, 15) is 0 Å². The smallest absolute Gasteiger partial charge is 0.122 e. The fourth-order valence-electron chi connectivity index (χ4n) is 1.46. The highest BCUT2D eigenvalue weighted by molar-refractivity contribution is 9.10. The van der Waals surface area contributed by atoms with E-state index < -0.39 is 0 Å². The zero-order chi connectivity index (χ0) is 8.55. The quantitative estimate of drug-likeness (QED) is 0.796. The van der Waals surface area contributed by atoms with Crippen molar-refractivity contribution >= 4 is 21.6 Å². The zero-order valence-electron chi connectivity index (χ0n) is 6.86. The van der Waals surface area contributed by atoms with Gasteiger partial charge in [0.2, 0.25) is 0 Å². The van der Waals surface area contributed by atoms with Crippen molar-refractivity contribution in [3.63, 3.8) is 0 Å². The van der Waals surface area contributed by atoms with Crippen LogP contribution in [0.1, 0.15) is 5.56 Å². The Labute approximate surface area is 80.1 Å². The van der Waals surface area contributed by atoms with E-state index in [0.717, 1.165) is 23.2 Å². The van der Waals surface area contributed by atoms with Crippen molar-refractivity contribution in [2.24, 2.45) is 0 Å². The van der Waals surface area contributed by atoms with Crippen LogP contribution in [0.3, 0.4) is 0 Å². The molecule has 1 aliphatic rings. The lowest BCUT2D eigenvalue weighted by Crippen LogP contribution is -1.91. The van der Waals surface area contributed by atoms with Crippen molar-refractivity contribution in [2.75, 3.05) is 19.0 Å². The first-order valence-corrected chi connectivity index (χ1v) is 4.71. The summed E-state index contributed by atoms with van der Waals surface area (Å²) in [5.74, 6) is 0.898. The summed E-state index contributed by atoms with van der Waals surface area (Å²) in [5, 5.41) is 3.31. The molecular weight excluding hydrogens is 218 g/mol. The summed E-state index contributed by atoms with van der Waals surface area (Å²) < 4.78 is 6.29. The average Bonchev–Trinajstić information content (AvgIpc) is 2.52. The van der Waals surface area contributed by atoms with E-state index in [1.807, 2.05) is 12.1 Å². The predicted octanol–water partition coefficient (Wildman–Crippen LogP) is 2.43. The lowest BCUT2D eigenvalue weighted by Gasteiger charge is -2.05. The van der Waals surface area contributed by atoms with Crippen LogP contribution in [0.4, 0.5) is 5.69 Å². The van der Waals surface area contributed by atoms with Gasteiger partial charge in [0.15, 0.2) is 0 Å². The molecule has 0 unspecified atom stereocenters. The number of methoxy groups -OCH3 is 1. The maximum absolute atomic E-state index is 5.15. The highest BCUT2D eigenvalue weighted by atomic mass is 79.9. The van der Waals surface area contributed by atoms with Crippen LogP contribution >= 0.6 is 15.9 Å². The van der Waals surface area contributed by atoms with Crippen LogP contribution in [0.15, 0.2) is 16.6 Å². The second-order valence-corrected chi connectivity index (χ2v) is 3.67. The molecule has 1 aromatic carbocycles. The first-order valence-electron chi connectivity index (χ1n) is 3.91. The summed E-state index contributed by atoms with van der Waals surface area (Å²) in [5.41, 5.74) is 2.55. The Hall–Kier alpha value is -0.700. The minimum atomic E-state index is 0.898. The number of nitrogens with one attached hydrogen (secondary N) is 1. The number of hydrogen-bond donors (Lipinski definition) is 1. The molecule has 0 aliphatic carbocycles. The van der Waals surface area contributed by atoms with Crippen molar-refractivity contribution in [3.05, 3.63) is 22.2 Å². The van der Waals surface area contributed by atoms with E-state index in [2.05, 4.69) is 21.2 Å². The molecule has 0 spiro atoms. The van der Waals surface area contributed by atoms with Gasteiger partial charge in [-0.1, -0.05) is 15.9 Å². The van der Waals surface area contributed by atoms with Gasteiger partial charge < -0.3 is 10.1 Å². The van der Waals surface area contributed by atoms with E-state index in [1.54, 1.807) is 7.11 Å². The molecule has 2 nitrogen and oxygen atoms in total. The van der Waals surface area contributed by atoms with Crippen LogP contribution in [0, 0.1) is 0 Å². The molecule has 1 heterocycles. The van der Waals surface area contributed by atoms with Gasteiger partial charge in [-0.3, -0.25) is 0 Å². The van der Waals surface area contributed by atoms with Crippen molar-refractivity contribution < 1.29 is 4.74 Å². The number of anilines is 1. The molecule has 0 saturated carbocycles. The molecule has 0 radical (unpaired) electrons. The zero-order valence-corrected chi connectivity index (χ0v) is 8.44. The molecular formula is C9H10BrNO. The van der Waals surface area contributed by atoms with Crippen LogP contribution in [0.2, 0.25) is 0 Å². The van der Waals surface area contributed by atoms with Gasteiger partial charge in [-0.05, 0) is 18.1 Å². The Bertz CT molecular complexity index is 312. The Morgan fingerprint density at radius 2 is 2.33 bits per heavy atom. The van der Waals surface area contributed by atoms with Crippen LogP contribution in [0.25, 0.3) is 0 Å². The van der Waals surface area contributed by atoms with Gasteiger partial charge in [-0.25, -0.2) is 0 Å². The van der Waals surface area contributed by atoms with Gasteiger partial charge >= 0.3 is 0 Å². The molecule has 64 valence electrons. The van der Waals surface area contributed by atoms with E-state index in [1.165, 1.54) is 11.3 Å². The molecule has 3 heteroatoms. The Morgan fingerprint density at radius 3 is 3.08 bits per heavy atom. The van der Waals surface area contributed by atoms with Crippen molar-refractivity contribution in [3.8, 4) is 5.75 Å². The summed E-state index contributed by atoms with van der Waals surface area (Å²) >= 11 is 3.52. The fraction of sp³-hybridized carbons (Fsp3) is 0.333. The Balaban J connectivity index is 2.51. The average molecular weight is 228 g/mol. The van der Waals surface area contributed by atoms with Gasteiger partial charge in [-0.15, -0.1) is 0 Å². The molecule has 2 rings (SSSR count). The molecule has 0 fully saturated rings. The molecule has 0 atom stereocenters. The van der Waals surface area contributed by atoms with E-state index in [0.29, 0.717) is 0 Å². The minimum Gasteiger partial charge on any atom is -0.497 e. The lowest BCUT2D eigenvalue weighted by molar-refractivity contribution is 0.414. The highest BCUT2D eigenvalue weighted by Crippen LogP contribution is 2.33. The van der Waals surface area contributed by atoms with E-state index >= 15 is 0 Å². The number of ether oxygens (including phenoxy) is 1. The second kappa shape index (κ2) is 2.98. The first-order chi connectivity index (χ1) is 5.81. The van der Waals surface area contributed by atoms with E-state index in [-0.39, 0.29) is 0 Å². The molecule has 0 bridgehead atoms. The molecule has 0 saturated heterocycles. The highest BCUT2D eigenvalue weighted by Gasteiger charge is 2.14. The minimum absolute atomic E-state index is 0.898. The third-order valence-corrected chi connectivity index (χ3v) is 2.80. The summed E-state index contributed by atoms with van der Waals surface area (Å²) in [6.45, 7) is 1.03. The van der Waals surface area contributed by atoms with Crippen LogP contribution in [-0.2, 0) is 6.42 Å². The topological polar surface area (TPSA) is 21.3 Å². The normalized spacial score (nSPS) is 13.8. The predicted molar refractivity (Wildman–Crippen MR) is 52.9 cm³/mol. The maximum Gasteiger partial charge on any atom is 0.122 e. The standard InChI is InChI=1S/C9H10BrNO/c1-12-6-4-8(10)7-2-3-11-9(7)5-6/h4-5,11H,2-3H2,1H3. The van der Waals surface area contributed by atoms with Gasteiger partial charge in [0, 0.05) is 22.8 Å². The maximum atomic E-state index is 5.15. The molecule has 12 heavy (non-hydrogen) atoms. The molecule has 0 amide bonds. The van der Waals surface area contributed by atoms with Crippen molar-refractivity contribution in [1.29, 1.82) is 0 Å². The summed E-state index contributed by atoms with van der Waals surface area (Å²) in [4.78, 5) is 0. The third-order valence-electron chi connectivity index (χ3n) is 2.10. The number of hydrogen-bond acceptors (Lipinski definition) is 2. The summed E-state index contributed by atoms with van der Waals surface area (Å²) in [6.07, 6.45) is 1.10. The number of rotatable bonds is 1. The number of benzene rings is 1. The fourth-order valence-corrected chi connectivity index (χ4v) is 2.10. The Morgan fingerprint density at radius 1 is 1.50 bits per heavy atom. The van der Waals surface area contributed by atoms with Crippen LogP contribution in [-0.4, -0.2) is 13.7 Å². The van der Waals surface area contributed by atoms with Crippen LogP contribution in [0.5, 0.6) is 5.75 Å². The SMILES string of the molecule is COc1cc(Br)c2c(c1)NCC2. The first kappa shape index (κ1) is 7.92. The molecule has 1 N–H and O–H groups in total. The Kier molecular flexibility index (Phi) is 1.97. The molecule has 1 aromatic rings. The van der Waals surface area contributed by atoms with Crippen molar-refractivity contribution in [1.82, 2.24) is 0 Å². The number of fused-ring (bicyclic) bond motifs is 1. The van der Waals surface area contributed by atoms with Crippen LogP contribution < -0.4 is 10.1 Å². The monoisotopic (exact) mass is 227 g/mol. The molecule has 1 aliphatic heterocycles.